The van der Waals surface area contributed by atoms with Crippen LogP contribution in [0, 0.1) is 0 Å². The van der Waals surface area contributed by atoms with Gasteiger partial charge in [-0.1, -0.05) is 0 Å². The summed E-state index contributed by atoms with van der Waals surface area (Å²) in [6.07, 6.45) is 4.78. The normalized spacial score (nSPS) is 9.85. The largest absolute Gasteiger partial charge is 0.480 e. The van der Waals surface area contributed by atoms with Gasteiger partial charge in [-0.3, -0.25) is 4.79 Å². The molecule has 0 saturated heterocycles. The smallest absolute Gasteiger partial charge is 0.323 e. The highest BCUT2D eigenvalue weighted by atomic mass is 16.4. The van der Waals surface area contributed by atoms with Crippen LogP contribution in [0.2, 0.25) is 0 Å². The third kappa shape index (κ3) is 2.70. The minimum absolute atomic E-state index is 0.103. The quantitative estimate of drug-likeness (QED) is 0.655. The van der Waals surface area contributed by atoms with Crippen LogP contribution >= 0.6 is 0 Å². The Balaban J connectivity index is 2.65. The summed E-state index contributed by atoms with van der Waals surface area (Å²) in [4.78, 5) is 24.4. The molecule has 0 aliphatic carbocycles. The van der Waals surface area contributed by atoms with Crippen molar-refractivity contribution in [3.63, 3.8) is 0 Å². The number of nitrogens with zero attached hydrogens (tertiary/aromatic N) is 2. The monoisotopic (exact) mass is 182 g/mol. The zero-order chi connectivity index (χ0) is 9.68. The van der Waals surface area contributed by atoms with Gasteiger partial charge in [-0.25, -0.2) is 4.98 Å². The van der Waals surface area contributed by atoms with E-state index >= 15 is 0 Å². The van der Waals surface area contributed by atoms with Crippen molar-refractivity contribution in [2.75, 3.05) is 0 Å². The first-order chi connectivity index (χ1) is 6.24. The first-order valence-corrected chi connectivity index (χ1v) is 3.89. The Labute approximate surface area is 75.0 Å². The van der Waals surface area contributed by atoms with Crippen molar-refractivity contribution in [2.24, 2.45) is 0 Å². The first kappa shape index (κ1) is 9.44. The second kappa shape index (κ2) is 4.39. The number of aliphatic carboxylic acids is 1. The Bertz CT molecular complexity index is 306. The molecule has 0 fully saturated rings. The summed E-state index contributed by atoms with van der Waals surface area (Å²) in [5.41, 5.74) is 0. The SMILES string of the molecule is O=CCCc1nccn1CC(=O)O. The van der Waals surface area contributed by atoms with E-state index in [9.17, 15) is 9.59 Å². The highest BCUT2D eigenvalue weighted by Crippen LogP contribution is 2.00. The van der Waals surface area contributed by atoms with E-state index in [-0.39, 0.29) is 6.54 Å². The predicted molar refractivity (Wildman–Crippen MR) is 44.2 cm³/mol. The molecule has 5 nitrogen and oxygen atoms in total. The van der Waals surface area contributed by atoms with Crippen LogP contribution in [-0.2, 0) is 22.6 Å². The molecule has 0 atom stereocenters. The maximum Gasteiger partial charge on any atom is 0.323 e. The minimum Gasteiger partial charge on any atom is -0.480 e. The lowest BCUT2D eigenvalue weighted by Gasteiger charge is -2.01. The van der Waals surface area contributed by atoms with E-state index in [1.807, 2.05) is 0 Å². The van der Waals surface area contributed by atoms with Gasteiger partial charge < -0.3 is 14.5 Å². The number of carboxylic acids is 1. The van der Waals surface area contributed by atoms with Crippen molar-refractivity contribution in [3.8, 4) is 0 Å². The number of aldehydes is 1. The zero-order valence-corrected chi connectivity index (χ0v) is 7.01. The topological polar surface area (TPSA) is 72.2 Å². The Morgan fingerprint density at radius 1 is 1.69 bits per heavy atom. The van der Waals surface area contributed by atoms with Crippen molar-refractivity contribution in [1.82, 2.24) is 9.55 Å². The van der Waals surface area contributed by atoms with E-state index in [4.69, 9.17) is 5.11 Å². The average Bonchev–Trinajstić information content (AvgIpc) is 2.48. The van der Waals surface area contributed by atoms with Crippen LogP contribution in [0.3, 0.4) is 0 Å². The Hall–Kier alpha value is -1.65. The number of rotatable bonds is 5. The first-order valence-electron chi connectivity index (χ1n) is 3.89. The van der Waals surface area contributed by atoms with Crippen LogP contribution in [0.5, 0.6) is 0 Å². The van der Waals surface area contributed by atoms with Gasteiger partial charge in [0, 0.05) is 25.2 Å². The van der Waals surface area contributed by atoms with E-state index in [0.717, 1.165) is 6.29 Å². The molecule has 13 heavy (non-hydrogen) atoms. The van der Waals surface area contributed by atoms with E-state index in [1.54, 1.807) is 6.20 Å². The second-order valence-electron chi connectivity index (χ2n) is 2.57. The van der Waals surface area contributed by atoms with Crippen LogP contribution in [0.1, 0.15) is 12.2 Å². The third-order valence-electron chi connectivity index (χ3n) is 1.59. The number of carboxylic acid groups (broad SMARTS) is 1. The molecule has 1 aromatic heterocycles. The fraction of sp³-hybridized carbons (Fsp3) is 0.375. The summed E-state index contributed by atoms with van der Waals surface area (Å²) in [7, 11) is 0. The third-order valence-corrected chi connectivity index (χ3v) is 1.59. The molecule has 1 rings (SSSR count). The molecule has 0 aromatic carbocycles. The van der Waals surface area contributed by atoms with Gasteiger partial charge in [0.15, 0.2) is 0 Å². The highest BCUT2D eigenvalue weighted by molar-refractivity contribution is 5.66. The molecule has 0 aliphatic heterocycles. The van der Waals surface area contributed by atoms with E-state index in [1.165, 1.54) is 10.8 Å². The molecular weight excluding hydrogens is 172 g/mol. The summed E-state index contributed by atoms with van der Waals surface area (Å²) < 4.78 is 1.52. The number of hydrogen-bond acceptors (Lipinski definition) is 3. The maximum atomic E-state index is 10.4. The molecular formula is C8H10N2O3. The number of aromatic nitrogens is 2. The maximum absolute atomic E-state index is 10.4. The Kier molecular flexibility index (Phi) is 3.19. The van der Waals surface area contributed by atoms with Gasteiger partial charge in [-0.05, 0) is 0 Å². The average molecular weight is 182 g/mol. The Morgan fingerprint density at radius 3 is 3.08 bits per heavy atom. The number of hydrogen-bond donors (Lipinski definition) is 1. The van der Waals surface area contributed by atoms with E-state index in [2.05, 4.69) is 4.98 Å². The summed E-state index contributed by atoms with van der Waals surface area (Å²) in [6.45, 7) is -0.103. The van der Waals surface area contributed by atoms with Crippen LogP contribution in [0.25, 0.3) is 0 Å². The minimum atomic E-state index is -0.912. The van der Waals surface area contributed by atoms with Gasteiger partial charge in [0.25, 0.3) is 0 Å². The molecule has 0 amide bonds. The van der Waals surface area contributed by atoms with Gasteiger partial charge in [0.1, 0.15) is 18.7 Å². The standard InChI is InChI=1S/C8H10N2O3/c11-5-1-2-7-9-3-4-10(7)6-8(12)13/h3-5H,1-2,6H2,(H,12,13). The molecule has 1 aromatic rings. The fourth-order valence-corrected chi connectivity index (χ4v) is 1.05. The molecule has 0 bridgehead atoms. The van der Waals surface area contributed by atoms with Crippen molar-refractivity contribution in [3.05, 3.63) is 18.2 Å². The van der Waals surface area contributed by atoms with Gasteiger partial charge in [0.2, 0.25) is 0 Å². The molecule has 0 spiro atoms. The summed E-state index contributed by atoms with van der Waals surface area (Å²) in [6, 6.07) is 0. The van der Waals surface area contributed by atoms with E-state index in [0.29, 0.717) is 18.7 Å². The van der Waals surface area contributed by atoms with Crippen molar-refractivity contribution in [1.29, 1.82) is 0 Å². The molecule has 0 saturated carbocycles. The molecule has 0 unspecified atom stereocenters. The van der Waals surface area contributed by atoms with Crippen LogP contribution in [-0.4, -0.2) is 26.9 Å². The molecule has 70 valence electrons. The zero-order valence-electron chi connectivity index (χ0n) is 7.01. The lowest BCUT2D eigenvalue weighted by molar-refractivity contribution is -0.137. The number of aryl methyl sites for hydroxylation is 1. The predicted octanol–water partition coefficient (Wildman–Crippen LogP) is 0.0992. The van der Waals surface area contributed by atoms with Crippen molar-refractivity contribution in [2.45, 2.75) is 19.4 Å². The van der Waals surface area contributed by atoms with Crippen LogP contribution in [0.4, 0.5) is 0 Å². The van der Waals surface area contributed by atoms with E-state index < -0.39 is 5.97 Å². The van der Waals surface area contributed by atoms with Gasteiger partial charge in [-0.2, -0.15) is 0 Å². The second-order valence-corrected chi connectivity index (χ2v) is 2.57. The van der Waals surface area contributed by atoms with Gasteiger partial charge in [0.05, 0.1) is 0 Å². The molecule has 0 radical (unpaired) electrons. The number of carbonyl (C=O) groups is 2. The summed E-state index contributed by atoms with van der Waals surface area (Å²) >= 11 is 0. The van der Waals surface area contributed by atoms with Crippen LogP contribution < -0.4 is 0 Å². The lowest BCUT2D eigenvalue weighted by Crippen LogP contribution is -2.11. The molecule has 1 N–H and O–H groups in total. The Morgan fingerprint density at radius 2 is 2.46 bits per heavy atom. The van der Waals surface area contributed by atoms with Crippen molar-refractivity contribution >= 4 is 12.3 Å². The molecule has 5 heteroatoms. The highest BCUT2D eigenvalue weighted by Gasteiger charge is 2.05. The van der Waals surface area contributed by atoms with Crippen LogP contribution in [0.15, 0.2) is 12.4 Å². The number of carbonyl (C=O) groups excluding carboxylic acids is 1. The summed E-state index contributed by atoms with van der Waals surface area (Å²) in [5, 5.41) is 8.52. The fourth-order valence-electron chi connectivity index (χ4n) is 1.05. The number of imidazole rings is 1. The summed E-state index contributed by atoms with van der Waals surface area (Å²) in [5.74, 6) is -0.278. The van der Waals surface area contributed by atoms with Gasteiger partial charge >= 0.3 is 5.97 Å². The van der Waals surface area contributed by atoms with Crippen molar-refractivity contribution < 1.29 is 14.7 Å². The molecule has 0 aliphatic rings. The lowest BCUT2D eigenvalue weighted by atomic mass is 10.3. The van der Waals surface area contributed by atoms with Gasteiger partial charge in [-0.15, -0.1) is 0 Å². The molecule has 1 heterocycles.